The van der Waals surface area contributed by atoms with Crippen molar-refractivity contribution >= 4 is 27.3 Å². The van der Waals surface area contributed by atoms with Crippen LogP contribution in [-0.2, 0) is 37.1 Å². The smallest absolute Gasteiger partial charge is 0.870 e. The van der Waals surface area contributed by atoms with Crippen LogP contribution in [0.4, 0.5) is 0 Å². The molecule has 0 aromatic rings. The summed E-state index contributed by atoms with van der Waals surface area (Å²) in [6, 6.07) is 0. The van der Waals surface area contributed by atoms with Gasteiger partial charge in [0.2, 0.25) is 0 Å². The van der Waals surface area contributed by atoms with Gasteiger partial charge < -0.3 is 43.8 Å². The Morgan fingerprint density at radius 3 is 0.364 bits per heavy atom. The molecule has 0 heterocycles. The van der Waals surface area contributed by atoms with Crippen LogP contribution in [0.2, 0.25) is 0 Å². The van der Waals surface area contributed by atoms with Crippen LogP contribution in [0.5, 0.6) is 0 Å². The van der Waals surface area contributed by atoms with Gasteiger partial charge >= 0.3 is 37.1 Å². The molecule has 11 heavy (non-hydrogen) atoms. The van der Waals surface area contributed by atoms with E-state index in [1.807, 2.05) is 0 Å². The van der Waals surface area contributed by atoms with E-state index in [-0.39, 0.29) is 108 Å². The van der Waals surface area contributed by atoms with Gasteiger partial charge in [0.15, 0.2) is 0 Å². The van der Waals surface area contributed by atoms with E-state index in [9.17, 15) is 0 Å². The molecule has 0 aliphatic heterocycles. The van der Waals surface area contributed by atoms with Crippen LogP contribution in [-0.4, -0.2) is 71.1 Å². The van der Waals surface area contributed by atoms with Gasteiger partial charge in [-0.15, -0.1) is 0 Å². The molecule has 0 unspecified atom stereocenters. The summed E-state index contributed by atoms with van der Waals surface area (Å²) < 4.78 is 0. The second-order valence-corrected chi connectivity index (χ2v) is 0. The van der Waals surface area contributed by atoms with Gasteiger partial charge in [0.05, 0.1) is 0 Å². The van der Waals surface area contributed by atoms with Crippen molar-refractivity contribution in [2.45, 2.75) is 0 Å². The first-order valence-electron chi connectivity index (χ1n) is 0. The average Bonchev–Trinajstić information content (AvgIpc) is 0. The van der Waals surface area contributed by atoms with Gasteiger partial charge in [0, 0.05) is 27.3 Å². The molecule has 0 aromatic carbocycles. The summed E-state index contributed by atoms with van der Waals surface area (Å²) in [5.74, 6) is 0. The Kier molecular flexibility index (Phi) is 22300. The predicted molar refractivity (Wildman–Crippen MR) is 28.0 cm³/mol. The average molecular weight is 449 g/mol. The third-order valence-electron chi connectivity index (χ3n) is 0. The van der Waals surface area contributed by atoms with Crippen LogP contribution in [0.1, 0.15) is 0 Å². The Hall–Kier alpha value is 1.77. The summed E-state index contributed by atoms with van der Waals surface area (Å²) in [7, 11) is 0. The third kappa shape index (κ3) is 358. The molecular weight excluding hydrogens is 437 g/mol. The molecule has 12 N–H and O–H groups in total. The molecule has 0 aliphatic carbocycles. The van der Waals surface area contributed by atoms with Crippen molar-refractivity contribution in [3.8, 4) is 0 Å². The molecule has 0 saturated heterocycles. The van der Waals surface area contributed by atoms with Gasteiger partial charge in [0.25, 0.3) is 0 Å². The van der Waals surface area contributed by atoms with Crippen molar-refractivity contribution in [1.29, 1.82) is 0 Å². The molecule has 0 bridgehead atoms. The van der Waals surface area contributed by atoms with E-state index in [0.717, 1.165) is 0 Å². The second-order valence-electron chi connectivity index (χ2n) is 0. The summed E-state index contributed by atoms with van der Waals surface area (Å²) >= 11 is 0. The molecule has 0 aromatic heterocycles. The molecule has 0 fully saturated rings. The molecule has 0 rings (SSSR count). The van der Waals surface area contributed by atoms with Crippen LogP contribution in [0.25, 0.3) is 0 Å². The van der Waals surface area contributed by atoms with Crippen LogP contribution in [0.3, 0.4) is 0 Å². The van der Waals surface area contributed by atoms with E-state index in [0.29, 0.717) is 0 Å². The van der Waals surface area contributed by atoms with Crippen molar-refractivity contribution < 1.29 is 80.9 Å². The summed E-state index contributed by atoms with van der Waals surface area (Å²) in [6.45, 7) is 0. The van der Waals surface area contributed by atoms with Crippen LogP contribution >= 0.6 is 0 Å². The fourth-order valence-corrected chi connectivity index (χ4v) is 0. The van der Waals surface area contributed by atoms with E-state index in [2.05, 4.69) is 0 Å². The van der Waals surface area contributed by atoms with Crippen molar-refractivity contribution in [3.63, 3.8) is 0 Å². The zero-order valence-corrected chi connectivity index (χ0v) is 11.9. The monoisotopic (exact) mass is 450 g/mol. The molecule has 8 nitrogen and oxygen atoms in total. The Labute approximate surface area is 108 Å². The van der Waals surface area contributed by atoms with Gasteiger partial charge in [-0.25, -0.2) is 0 Å². The van der Waals surface area contributed by atoms with Crippen LogP contribution in [0.15, 0.2) is 0 Å². The molecule has 0 aliphatic rings. The van der Waals surface area contributed by atoms with Gasteiger partial charge in [-0.05, 0) is 0 Å². The maximum absolute atomic E-state index is 0. The summed E-state index contributed by atoms with van der Waals surface area (Å²) in [5, 5.41) is 0. The Morgan fingerprint density at radius 2 is 0.364 bits per heavy atom. The Bertz CT molecular complexity index is 12.1. The van der Waals surface area contributed by atoms with Crippen molar-refractivity contribution in [3.05, 3.63) is 0 Å². The molecule has 0 atom stereocenters. The minimum atomic E-state index is 0. The summed E-state index contributed by atoms with van der Waals surface area (Å²) in [6.07, 6.45) is 0. The van der Waals surface area contributed by atoms with Crippen LogP contribution in [0, 0.1) is 0 Å². The number of hydrogen-bond acceptors (Lipinski definition) is 4. The number of hydrogen-bond donors (Lipinski definition) is 0. The summed E-state index contributed by atoms with van der Waals surface area (Å²) in [4.78, 5) is 0. The molecule has 0 saturated carbocycles. The quantitative estimate of drug-likeness (QED) is 0.332. The normalized spacial score (nSPS) is 0. The maximum Gasteiger partial charge on any atom is 2.00 e. The standard InChI is InChI=1S/8H2O.Pb.2V/h8*1H2;;;/q;;;;;;;;;2*+2/p-4. The fraction of sp³-hybridized carbons (Fsp3) is 0. The molecule has 11 heteroatoms. The van der Waals surface area contributed by atoms with E-state index < -0.39 is 0 Å². The first kappa shape index (κ1) is 564. The van der Waals surface area contributed by atoms with Crippen molar-refractivity contribution in [2.75, 3.05) is 0 Å². The Morgan fingerprint density at radius 1 is 0.364 bits per heavy atom. The number of rotatable bonds is 0. The van der Waals surface area contributed by atoms with E-state index in [4.69, 9.17) is 0 Å². The Balaban J connectivity index is 0. The second kappa shape index (κ2) is 435. The molecule has 0 spiro atoms. The van der Waals surface area contributed by atoms with Crippen LogP contribution < -0.4 is 0 Å². The molecule has 74 valence electrons. The van der Waals surface area contributed by atoms with Crippen molar-refractivity contribution in [2.24, 2.45) is 0 Å². The molecule has 6 radical (unpaired) electrons. The van der Waals surface area contributed by atoms with E-state index in [1.165, 1.54) is 0 Å². The van der Waals surface area contributed by atoms with Crippen molar-refractivity contribution in [1.82, 2.24) is 0 Å². The predicted octanol–water partition coefficient (Wildman–Crippen LogP) is -4.39. The first-order chi connectivity index (χ1) is 0. The zero-order chi connectivity index (χ0) is 0. The zero-order valence-electron chi connectivity index (χ0n) is 5.18. The van der Waals surface area contributed by atoms with Gasteiger partial charge in [0.1, 0.15) is 0 Å². The molecular formula is H12O8PbV2. The van der Waals surface area contributed by atoms with Gasteiger partial charge in [-0.2, -0.15) is 0 Å². The minimum absolute atomic E-state index is 0. The third-order valence-corrected chi connectivity index (χ3v) is 0. The first-order valence-corrected chi connectivity index (χ1v) is 0. The van der Waals surface area contributed by atoms with Gasteiger partial charge in [-0.3, -0.25) is 0 Å². The maximum atomic E-state index is 0. The topological polar surface area (TPSA) is 246 Å². The fourth-order valence-electron chi connectivity index (χ4n) is 0. The van der Waals surface area contributed by atoms with E-state index in [1.54, 1.807) is 0 Å². The SMILES string of the molecule is O.O.O.O.[OH-].[OH-].[OH-].[OH-].[Pb].[V+2].[V+2]. The van der Waals surface area contributed by atoms with E-state index >= 15 is 0 Å². The van der Waals surface area contributed by atoms with Gasteiger partial charge in [-0.1, -0.05) is 0 Å². The summed E-state index contributed by atoms with van der Waals surface area (Å²) in [5.41, 5.74) is 0. The molecule has 0 amide bonds. The largest absolute Gasteiger partial charge is 2.00 e. The minimum Gasteiger partial charge on any atom is -0.870 e.